The van der Waals surface area contributed by atoms with Crippen LogP contribution in [0, 0.1) is 0 Å². The quantitative estimate of drug-likeness (QED) is 0.533. The molecule has 32 heavy (non-hydrogen) atoms. The molecule has 1 aromatic heterocycles. The molecule has 3 aromatic rings. The van der Waals surface area contributed by atoms with E-state index >= 15 is 0 Å². The van der Waals surface area contributed by atoms with Crippen molar-refractivity contribution >= 4 is 33.0 Å². The second kappa shape index (κ2) is 9.95. The lowest BCUT2D eigenvalue weighted by Crippen LogP contribution is -2.32. The monoisotopic (exact) mass is 469 g/mol. The number of nitrogens with one attached hydrogen (secondary N) is 1. The van der Waals surface area contributed by atoms with Gasteiger partial charge in [-0.1, -0.05) is 36.4 Å². The average Bonchev–Trinajstić information content (AvgIpc) is 3.46. The van der Waals surface area contributed by atoms with E-state index in [9.17, 15) is 13.2 Å². The Kier molecular flexibility index (Phi) is 7.05. The van der Waals surface area contributed by atoms with Gasteiger partial charge in [0, 0.05) is 30.2 Å². The van der Waals surface area contributed by atoms with E-state index in [1.165, 1.54) is 21.3 Å². The molecule has 2 heterocycles. The third-order valence-corrected chi connectivity index (χ3v) is 8.47. The minimum Gasteiger partial charge on any atom is -0.325 e. The summed E-state index contributed by atoms with van der Waals surface area (Å²) in [6, 6.07) is 20.3. The number of benzene rings is 2. The van der Waals surface area contributed by atoms with Crippen LogP contribution in [-0.2, 0) is 21.4 Å². The van der Waals surface area contributed by atoms with Gasteiger partial charge in [-0.25, -0.2) is 8.42 Å². The lowest BCUT2D eigenvalue weighted by molar-refractivity contribution is -0.117. The van der Waals surface area contributed by atoms with Crippen molar-refractivity contribution in [3.05, 3.63) is 82.6 Å². The van der Waals surface area contributed by atoms with Crippen LogP contribution in [0.2, 0.25) is 0 Å². The molecule has 1 N–H and O–H groups in total. The molecule has 1 amide bonds. The van der Waals surface area contributed by atoms with Gasteiger partial charge >= 0.3 is 0 Å². The summed E-state index contributed by atoms with van der Waals surface area (Å²) in [6.07, 6.45) is 2.15. The molecule has 0 saturated carbocycles. The summed E-state index contributed by atoms with van der Waals surface area (Å²) in [4.78, 5) is 16.3. The summed E-state index contributed by atoms with van der Waals surface area (Å²) in [5.74, 6) is -0.0924. The van der Waals surface area contributed by atoms with Crippen LogP contribution in [0.4, 0.5) is 5.69 Å². The highest BCUT2D eigenvalue weighted by atomic mass is 32.2. The SMILES string of the molecule is CN(Cc1ccccc1)S(=O)(=O)c1ccc(NC(=O)CN2CCCC2c2cccs2)cc1. The molecule has 1 unspecified atom stereocenters. The molecule has 6 nitrogen and oxygen atoms in total. The van der Waals surface area contributed by atoms with Crippen molar-refractivity contribution in [2.45, 2.75) is 30.3 Å². The fraction of sp³-hybridized carbons (Fsp3) is 0.292. The van der Waals surface area contributed by atoms with Gasteiger partial charge < -0.3 is 5.32 Å². The molecule has 4 rings (SSSR count). The molecule has 1 saturated heterocycles. The first-order chi connectivity index (χ1) is 15.4. The zero-order valence-electron chi connectivity index (χ0n) is 18.0. The number of carbonyl (C=O) groups excluding carboxylic acids is 1. The van der Waals surface area contributed by atoms with Crippen molar-refractivity contribution in [3.8, 4) is 0 Å². The van der Waals surface area contributed by atoms with Gasteiger partial charge in [0.25, 0.3) is 0 Å². The van der Waals surface area contributed by atoms with E-state index in [-0.39, 0.29) is 10.8 Å². The molecule has 0 spiro atoms. The number of hydrogen-bond acceptors (Lipinski definition) is 5. The van der Waals surface area contributed by atoms with Crippen molar-refractivity contribution in [1.29, 1.82) is 0 Å². The number of rotatable bonds is 8. The Morgan fingerprint density at radius 2 is 1.84 bits per heavy atom. The minimum atomic E-state index is -3.62. The minimum absolute atomic E-state index is 0.0924. The number of thiophene rings is 1. The molecule has 0 bridgehead atoms. The normalized spacial score (nSPS) is 17.0. The zero-order chi connectivity index (χ0) is 22.6. The topological polar surface area (TPSA) is 69.7 Å². The Morgan fingerprint density at radius 1 is 1.09 bits per heavy atom. The maximum Gasteiger partial charge on any atom is 0.243 e. The molecular weight excluding hydrogens is 442 g/mol. The first-order valence-electron chi connectivity index (χ1n) is 10.6. The predicted molar refractivity (Wildman–Crippen MR) is 128 cm³/mol. The number of carbonyl (C=O) groups is 1. The van der Waals surface area contributed by atoms with Gasteiger partial charge in [-0.15, -0.1) is 11.3 Å². The number of nitrogens with zero attached hydrogens (tertiary/aromatic N) is 2. The molecule has 8 heteroatoms. The van der Waals surface area contributed by atoms with Crippen LogP contribution in [0.25, 0.3) is 0 Å². The molecule has 1 aliphatic rings. The summed E-state index contributed by atoms with van der Waals surface area (Å²) in [5.41, 5.74) is 1.51. The van der Waals surface area contributed by atoms with Crippen molar-refractivity contribution in [3.63, 3.8) is 0 Å². The number of amides is 1. The van der Waals surface area contributed by atoms with E-state index in [1.54, 1.807) is 30.5 Å². The Balaban J connectivity index is 1.36. The van der Waals surface area contributed by atoms with E-state index in [1.807, 2.05) is 36.4 Å². The zero-order valence-corrected chi connectivity index (χ0v) is 19.6. The van der Waals surface area contributed by atoms with Crippen molar-refractivity contribution in [1.82, 2.24) is 9.21 Å². The highest BCUT2D eigenvalue weighted by Crippen LogP contribution is 2.34. The smallest absolute Gasteiger partial charge is 0.243 e. The van der Waals surface area contributed by atoms with Gasteiger partial charge in [0.15, 0.2) is 0 Å². The molecule has 168 valence electrons. The van der Waals surface area contributed by atoms with Crippen LogP contribution in [0.1, 0.15) is 29.3 Å². The average molecular weight is 470 g/mol. The van der Waals surface area contributed by atoms with E-state index in [0.717, 1.165) is 24.9 Å². The third-order valence-electron chi connectivity index (χ3n) is 5.68. The Labute approximate surface area is 193 Å². The van der Waals surface area contributed by atoms with E-state index in [2.05, 4.69) is 21.7 Å². The van der Waals surface area contributed by atoms with Gasteiger partial charge in [-0.3, -0.25) is 9.69 Å². The molecule has 2 aromatic carbocycles. The largest absolute Gasteiger partial charge is 0.325 e. The number of anilines is 1. The summed E-state index contributed by atoms with van der Waals surface area (Å²) in [6.45, 7) is 1.52. The summed E-state index contributed by atoms with van der Waals surface area (Å²) < 4.78 is 27.1. The second-order valence-corrected chi connectivity index (χ2v) is 11.0. The summed E-state index contributed by atoms with van der Waals surface area (Å²) in [7, 11) is -2.05. The first-order valence-corrected chi connectivity index (χ1v) is 12.9. The predicted octanol–water partition coefficient (Wildman–Crippen LogP) is 4.34. The number of likely N-dealkylation sites (tertiary alicyclic amines) is 1. The van der Waals surface area contributed by atoms with Crippen LogP contribution >= 0.6 is 11.3 Å². The summed E-state index contributed by atoms with van der Waals surface area (Å²) in [5, 5.41) is 4.96. The Morgan fingerprint density at radius 3 is 2.53 bits per heavy atom. The molecule has 1 fully saturated rings. The first kappa shape index (κ1) is 22.7. The van der Waals surface area contributed by atoms with Gasteiger partial charge in [-0.2, -0.15) is 4.31 Å². The fourth-order valence-electron chi connectivity index (χ4n) is 4.02. The fourth-order valence-corrected chi connectivity index (χ4v) is 6.07. The molecule has 0 aliphatic carbocycles. The summed E-state index contributed by atoms with van der Waals surface area (Å²) >= 11 is 1.73. The van der Waals surface area contributed by atoms with Crippen LogP contribution in [0.5, 0.6) is 0 Å². The second-order valence-electron chi connectivity index (χ2n) is 7.96. The van der Waals surface area contributed by atoms with E-state index in [4.69, 9.17) is 0 Å². The van der Waals surface area contributed by atoms with Gasteiger partial charge in [0.2, 0.25) is 15.9 Å². The van der Waals surface area contributed by atoms with Crippen molar-refractivity contribution < 1.29 is 13.2 Å². The van der Waals surface area contributed by atoms with Crippen LogP contribution in [0.3, 0.4) is 0 Å². The molecule has 1 aliphatic heterocycles. The maximum atomic E-state index is 12.9. The van der Waals surface area contributed by atoms with Gasteiger partial charge in [0.1, 0.15) is 0 Å². The number of sulfonamides is 1. The Bertz CT molecular complexity index is 1130. The van der Waals surface area contributed by atoms with Gasteiger partial charge in [-0.05, 0) is 60.7 Å². The van der Waals surface area contributed by atoms with Crippen molar-refractivity contribution in [2.75, 3.05) is 25.5 Å². The molecule has 1 atom stereocenters. The standard InChI is InChI=1S/C24H27N3O3S2/c1-26(17-19-7-3-2-4-8-19)32(29,30)21-13-11-20(12-14-21)25-24(28)18-27-15-5-9-22(27)23-10-6-16-31-23/h2-4,6-8,10-14,16,22H,5,9,15,17-18H2,1H3,(H,25,28). The van der Waals surface area contributed by atoms with Crippen LogP contribution in [0.15, 0.2) is 77.0 Å². The van der Waals surface area contributed by atoms with Gasteiger partial charge in [0.05, 0.1) is 11.4 Å². The maximum absolute atomic E-state index is 12.9. The molecule has 0 radical (unpaired) electrons. The van der Waals surface area contributed by atoms with Crippen molar-refractivity contribution in [2.24, 2.45) is 0 Å². The van der Waals surface area contributed by atoms with Crippen LogP contribution < -0.4 is 5.32 Å². The van der Waals surface area contributed by atoms with E-state index < -0.39 is 10.0 Å². The lowest BCUT2D eigenvalue weighted by atomic mass is 10.2. The molecular formula is C24H27N3O3S2. The Hall–Kier alpha value is -2.52. The highest BCUT2D eigenvalue weighted by Gasteiger charge is 2.28. The number of hydrogen-bond donors (Lipinski definition) is 1. The highest BCUT2D eigenvalue weighted by molar-refractivity contribution is 7.89. The van der Waals surface area contributed by atoms with Crippen LogP contribution in [-0.4, -0.2) is 43.7 Å². The third kappa shape index (κ3) is 5.27. The lowest BCUT2D eigenvalue weighted by Gasteiger charge is -2.23. The van der Waals surface area contributed by atoms with E-state index in [0.29, 0.717) is 24.8 Å².